The summed E-state index contributed by atoms with van der Waals surface area (Å²) in [4.78, 5) is 14.2. The molecule has 0 bridgehead atoms. The van der Waals surface area contributed by atoms with E-state index in [4.69, 9.17) is 0 Å². The van der Waals surface area contributed by atoms with Crippen molar-refractivity contribution < 1.29 is 9.90 Å². The van der Waals surface area contributed by atoms with Crippen LogP contribution < -0.4 is 10.6 Å². The van der Waals surface area contributed by atoms with Crippen LogP contribution in [-0.2, 0) is 6.54 Å². The molecule has 7 nitrogen and oxygen atoms in total. The van der Waals surface area contributed by atoms with Crippen LogP contribution in [0.4, 0.5) is 10.5 Å². The van der Waals surface area contributed by atoms with E-state index in [1.807, 2.05) is 17.8 Å². The van der Waals surface area contributed by atoms with Crippen LogP contribution >= 0.6 is 0 Å². The molecule has 1 aromatic heterocycles. The Morgan fingerprint density at radius 2 is 2.13 bits per heavy atom. The van der Waals surface area contributed by atoms with Crippen LogP contribution in [0.5, 0.6) is 0 Å². The normalized spacial score (nSPS) is 17.0. The average molecular weight is 323 g/mol. The molecule has 0 spiro atoms. The van der Waals surface area contributed by atoms with Gasteiger partial charge < -0.3 is 20.6 Å². The number of carbonyl (C=O) groups excluding carboxylic acids is 1. The first-order valence-electron chi connectivity index (χ1n) is 8.65. The van der Waals surface area contributed by atoms with Crippen LogP contribution in [0.25, 0.3) is 0 Å². The summed E-state index contributed by atoms with van der Waals surface area (Å²) in [6, 6.07) is -0.260. The van der Waals surface area contributed by atoms with Gasteiger partial charge in [0.2, 0.25) is 0 Å². The van der Waals surface area contributed by atoms with Gasteiger partial charge >= 0.3 is 6.03 Å². The van der Waals surface area contributed by atoms with E-state index in [-0.39, 0.29) is 12.1 Å². The molecule has 0 saturated carbocycles. The van der Waals surface area contributed by atoms with E-state index >= 15 is 0 Å². The van der Waals surface area contributed by atoms with Crippen molar-refractivity contribution in [3.05, 3.63) is 12.4 Å². The molecular formula is C16H29N5O2. The monoisotopic (exact) mass is 323 g/mol. The second-order valence-corrected chi connectivity index (χ2v) is 6.13. The smallest absolute Gasteiger partial charge is 0.319 e. The number of aliphatic hydroxyl groups is 1. The number of hydrogen-bond acceptors (Lipinski definition) is 4. The van der Waals surface area contributed by atoms with E-state index in [2.05, 4.69) is 20.6 Å². The minimum absolute atomic E-state index is 0.260. The van der Waals surface area contributed by atoms with E-state index < -0.39 is 0 Å². The van der Waals surface area contributed by atoms with Crippen LogP contribution in [0, 0.1) is 0 Å². The van der Waals surface area contributed by atoms with Crippen LogP contribution in [0.3, 0.4) is 0 Å². The van der Waals surface area contributed by atoms with Crippen molar-refractivity contribution in [2.24, 2.45) is 0 Å². The number of amides is 2. The van der Waals surface area contributed by atoms with E-state index in [0.717, 1.165) is 13.1 Å². The maximum absolute atomic E-state index is 11.7. The molecule has 1 aliphatic heterocycles. The first-order valence-corrected chi connectivity index (χ1v) is 8.65. The number of rotatable bonds is 8. The maximum Gasteiger partial charge on any atom is 0.319 e. The number of piperidine rings is 1. The van der Waals surface area contributed by atoms with Gasteiger partial charge in [-0.05, 0) is 38.8 Å². The highest BCUT2D eigenvalue weighted by atomic mass is 16.3. The Morgan fingerprint density at radius 3 is 2.87 bits per heavy atom. The fourth-order valence-electron chi connectivity index (χ4n) is 2.71. The predicted molar refractivity (Wildman–Crippen MR) is 90.5 cm³/mol. The number of anilines is 1. The largest absolute Gasteiger partial charge is 0.393 e. The second kappa shape index (κ2) is 9.52. The molecule has 1 aliphatic rings. The number of aromatic nitrogens is 2. The number of nitrogens with zero attached hydrogens (tertiary/aromatic N) is 3. The third-order valence-electron chi connectivity index (χ3n) is 4.22. The lowest BCUT2D eigenvalue weighted by Crippen LogP contribution is -2.32. The Kier molecular flexibility index (Phi) is 7.35. The van der Waals surface area contributed by atoms with Gasteiger partial charge in [-0.25, -0.2) is 4.79 Å². The number of hydrogen-bond donors (Lipinski definition) is 3. The minimum Gasteiger partial charge on any atom is -0.393 e. The zero-order valence-corrected chi connectivity index (χ0v) is 14.0. The average Bonchev–Trinajstić information content (AvgIpc) is 3.01. The topological polar surface area (TPSA) is 82.4 Å². The zero-order chi connectivity index (χ0) is 16.5. The molecule has 1 unspecified atom stereocenters. The van der Waals surface area contributed by atoms with E-state index in [1.165, 1.54) is 32.4 Å². The fourth-order valence-corrected chi connectivity index (χ4v) is 2.71. The van der Waals surface area contributed by atoms with E-state index in [1.54, 1.807) is 6.20 Å². The Balaban J connectivity index is 1.66. The molecule has 1 aromatic rings. The number of carbonyl (C=O) groups is 1. The lowest BCUT2D eigenvalue weighted by molar-refractivity contribution is 0.160. The maximum atomic E-state index is 11.7. The van der Waals surface area contributed by atoms with Crippen molar-refractivity contribution in [1.82, 2.24) is 20.0 Å². The number of likely N-dealkylation sites (tertiary alicyclic amines) is 1. The molecule has 1 saturated heterocycles. The Labute approximate surface area is 138 Å². The molecule has 130 valence electrons. The van der Waals surface area contributed by atoms with Crippen molar-refractivity contribution >= 4 is 11.7 Å². The third-order valence-corrected chi connectivity index (χ3v) is 4.22. The summed E-state index contributed by atoms with van der Waals surface area (Å²) in [5.74, 6) is 0. The fraction of sp³-hybridized carbons (Fsp3) is 0.750. The first kappa shape index (κ1) is 17.7. The van der Waals surface area contributed by atoms with Crippen molar-refractivity contribution in [1.29, 1.82) is 0 Å². The van der Waals surface area contributed by atoms with Gasteiger partial charge in [0.05, 0.1) is 24.5 Å². The van der Waals surface area contributed by atoms with Gasteiger partial charge in [0.15, 0.2) is 0 Å². The Bertz CT molecular complexity index is 471. The van der Waals surface area contributed by atoms with Crippen LogP contribution in [0.15, 0.2) is 12.4 Å². The van der Waals surface area contributed by atoms with Crippen LogP contribution in [0.2, 0.25) is 0 Å². The van der Waals surface area contributed by atoms with E-state index in [0.29, 0.717) is 25.1 Å². The lowest BCUT2D eigenvalue weighted by atomic mass is 10.1. The highest BCUT2D eigenvalue weighted by molar-refractivity contribution is 5.88. The standard InChI is InChI=1S/C16H29N5O2/c1-2-15(22)6-7-17-16(23)19-14-12-18-21(13-14)11-10-20-8-4-3-5-9-20/h12-13,15,22H,2-11H2,1H3,(H2,17,19,23). The molecule has 1 atom stereocenters. The number of nitrogens with one attached hydrogen (secondary N) is 2. The summed E-state index contributed by atoms with van der Waals surface area (Å²) in [6.07, 6.45) is 8.36. The molecule has 0 aromatic carbocycles. The first-order chi connectivity index (χ1) is 11.2. The molecule has 2 amide bonds. The number of urea groups is 1. The quantitative estimate of drug-likeness (QED) is 0.679. The molecule has 1 fully saturated rings. The van der Waals surface area contributed by atoms with Gasteiger partial charge in [-0.1, -0.05) is 13.3 Å². The molecule has 0 radical (unpaired) electrons. The summed E-state index contributed by atoms with van der Waals surface area (Å²) in [7, 11) is 0. The highest BCUT2D eigenvalue weighted by Crippen LogP contribution is 2.09. The molecule has 7 heteroatoms. The molecular weight excluding hydrogens is 294 g/mol. The van der Waals surface area contributed by atoms with Gasteiger partial charge in [0.25, 0.3) is 0 Å². The van der Waals surface area contributed by atoms with Crippen LogP contribution in [0.1, 0.15) is 39.0 Å². The van der Waals surface area contributed by atoms with Gasteiger partial charge in [0, 0.05) is 19.3 Å². The zero-order valence-electron chi connectivity index (χ0n) is 14.0. The third kappa shape index (κ3) is 6.58. The minimum atomic E-state index is -0.354. The lowest BCUT2D eigenvalue weighted by Gasteiger charge is -2.26. The van der Waals surface area contributed by atoms with Gasteiger partial charge in [0.1, 0.15) is 0 Å². The SMILES string of the molecule is CCC(O)CCNC(=O)Nc1cnn(CCN2CCCCC2)c1. The summed E-state index contributed by atoms with van der Waals surface area (Å²) in [5.41, 5.74) is 0.692. The van der Waals surface area contributed by atoms with Crippen molar-refractivity contribution in [2.75, 3.05) is 31.5 Å². The Morgan fingerprint density at radius 1 is 1.35 bits per heavy atom. The summed E-state index contributed by atoms with van der Waals surface area (Å²) in [5, 5.41) is 19.2. The van der Waals surface area contributed by atoms with Gasteiger partial charge in [-0.15, -0.1) is 0 Å². The van der Waals surface area contributed by atoms with Crippen molar-refractivity contribution in [3.8, 4) is 0 Å². The molecule has 2 rings (SSSR count). The Hall–Kier alpha value is -1.60. The molecule has 3 N–H and O–H groups in total. The van der Waals surface area contributed by atoms with Crippen molar-refractivity contribution in [2.45, 2.75) is 51.7 Å². The summed E-state index contributed by atoms with van der Waals surface area (Å²) in [6.45, 7) is 6.58. The van der Waals surface area contributed by atoms with Gasteiger partial charge in [-0.2, -0.15) is 5.10 Å². The highest BCUT2D eigenvalue weighted by Gasteiger charge is 2.10. The summed E-state index contributed by atoms with van der Waals surface area (Å²) >= 11 is 0. The van der Waals surface area contributed by atoms with Crippen LogP contribution in [-0.4, -0.2) is 58.1 Å². The second-order valence-electron chi connectivity index (χ2n) is 6.13. The molecule has 0 aliphatic carbocycles. The summed E-state index contributed by atoms with van der Waals surface area (Å²) < 4.78 is 1.87. The molecule has 2 heterocycles. The van der Waals surface area contributed by atoms with E-state index in [9.17, 15) is 9.90 Å². The number of aliphatic hydroxyl groups excluding tert-OH is 1. The van der Waals surface area contributed by atoms with Gasteiger partial charge in [-0.3, -0.25) is 4.68 Å². The van der Waals surface area contributed by atoms with Crippen molar-refractivity contribution in [3.63, 3.8) is 0 Å². The molecule has 23 heavy (non-hydrogen) atoms. The predicted octanol–water partition coefficient (Wildman–Crippen LogP) is 1.65.